The number of nitrogens with zero attached hydrogens (tertiary/aromatic N) is 2. The van der Waals surface area contributed by atoms with E-state index >= 15 is 0 Å². The third-order valence-electron chi connectivity index (χ3n) is 3.18. The molecule has 2 heterocycles. The molecule has 1 aliphatic rings. The van der Waals surface area contributed by atoms with Gasteiger partial charge in [0, 0.05) is 4.90 Å². The van der Waals surface area contributed by atoms with Gasteiger partial charge in [-0.05, 0) is 25.0 Å². The van der Waals surface area contributed by atoms with Crippen LogP contribution in [0.3, 0.4) is 0 Å². The lowest BCUT2D eigenvalue weighted by molar-refractivity contribution is -0.144. The van der Waals surface area contributed by atoms with E-state index in [-0.39, 0.29) is 5.95 Å². The first-order chi connectivity index (χ1) is 10.3. The van der Waals surface area contributed by atoms with E-state index in [1.807, 2.05) is 25.1 Å². The molecule has 0 bridgehead atoms. The third kappa shape index (κ3) is 2.94. The SMILES string of the molecule is Cc1ccc2c(c1)SC(C(=O)Nc1n[nH]c(C(F)(F)F)n1)C2. The highest BCUT2D eigenvalue weighted by Crippen LogP contribution is 2.38. The van der Waals surface area contributed by atoms with Crippen molar-refractivity contribution >= 4 is 23.6 Å². The number of hydrogen-bond acceptors (Lipinski definition) is 4. The van der Waals surface area contributed by atoms with Crippen LogP contribution < -0.4 is 5.32 Å². The van der Waals surface area contributed by atoms with Gasteiger partial charge in [0.2, 0.25) is 17.7 Å². The van der Waals surface area contributed by atoms with Crippen LogP contribution in [0.4, 0.5) is 19.1 Å². The van der Waals surface area contributed by atoms with Crippen LogP contribution in [0.15, 0.2) is 23.1 Å². The average molecular weight is 328 g/mol. The number of thioether (sulfide) groups is 1. The van der Waals surface area contributed by atoms with Crippen molar-refractivity contribution in [3.63, 3.8) is 0 Å². The van der Waals surface area contributed by atoms with Crippen LogP contribution in [0, 0.1) is 6.92 Å². The van der Waals surface area contributed by atoms with E-state index in [0.717, 1.165) is 16.0 Å². The molecule has 22 heavy (non-hydrogen) atoms. The summed E-state index contributed by atoms with van der Waals surface area (Å²) in [5.74, 6) is -2.02. The number of carbonyl (C=O) groups excluding carboxylic acids is 1. The molecule has 1 unspecified atom stereocenters. The zero-order valence-electron chi connectivity index (χ0n) is 11.4. The van der Waals surface area contributed by atoms with E-state index in [4.69, 9.17) is 0 Å². The number of fused-ring (bicyclic) bond motifs is 1. The van der Waals surface area contributed by atoms with Gasteiger partial charge in [-0.25, -0.2) is 0 Å². The summed E-state index contributed by atoms with van der Waals surface area (Å²) in [4.78, 5) is 16.4. The molecule has 0 aliphatic carbocycles. The van der Waals surface area contributed by atoms with Crippen molar-refractivity contribution in [2.75, 3.05) is 5.32 Å². The van der Waals surface area contributed by atoms with E-state index in [1.165, 1.54) is 11.8 Å². The lowest BCUT2D eigenvalue weighted by Gasteiger charge is -2.06. The molecular weight excluding hydrogens is 317 g/mol. The van der Waals surface area contributed by atoms with E-state index in [9.17, 15) is 18.0 Å². The van der Waals surface area contributed by atoms with Crippen molar-refractivity contribution in [1.29, 1.82) is 0 Å². The molecule has 1 aromatic carbocycles. The van der Waals surface area contributed by atoms with Crippen molar-refractivity contribution in [1.82, 2.24) is 15.2 Å². The predicted molar refractivity (Wildman–Crippen MR) is 74.5 cm³/mol. The number of aromatic amines is 1. The fourth-order valence-corrected chi connectivity index (χ4v) is 3.41. The van der Waals surface area contributed by atoms with Crippen molar-refractivity contribution in [3.05, 3.63) is 35.2 Å². The number of H-pyrrole nitrogens is 1. The van der Waals surface area contributed by atoms with Gasteiger partial charge in [-0.2, -0.15) is 18.2 Å². The van der Waals surface area contributed by atoms with Gasteiger partial charge in [0.1, 0.15) is 0 Å². The molecule has 0 radical (unpaired) electrons. The van der Waals surface area contributed by atoms with Crippen LogP contribution in [0.1, 0.15) is 17.0 Å². The van der Waals surface area contributed by atoms with Gasteiger partial charge >= 0.3 is 6.18 Å². The second kappa shape index (κ2) is 5.31. The van der Waals surface area contributed by atoms with Crippen LogP contribution >= 0.6 is 11.8 Å². The number of nitrogens with one attached hydrogen (secondary N) is 2. The van der Waals surface area contributed by atoms with Gasteiger partial charge in [-0.15, -0.1) is 16.9 Å². The normalized spacial score (nSPS) is 17.4. The maximum absolute atomic E-state index is 12.4. The Balaban J connectivity index is 1.68. The highest BCUT2D eigenvalue weighted by atomic mass is 32.2. The standard InChI is InChI=1S/C13H11F3N4OS/c1-6-2-3-7-5-9(22-8(7)4-6)10(21)17-12-18-11(19-20-12)13(14,15)16/h2-4,9H,5H2,1H3,(H2,17,18,19,20,21). The zero-order chi connectivity index (χ0) is 15.9. The Morgan fingerprint density at radius 3 is 2.91 bits per heavy atom. The van der Waals surface area contributed by atoms with Crippen molar-refractivity contribution in [3.8, 4) is 0 Å². The number of amides is 1. The molecule has 0 saturated carbocycles. The topological polar surface area (TPSA) is 70.7 Å². The Morgan fingerprint density at radius 2 is 2.23 bits per heavy atom. The van der Waals surface area contributed by atoms with Gasteiger partial charge in [-0.1, -0.05) is 17.7 Å². The van der Waals surface area contributed by atoms with Crippen LogP contribution in [-0.2, 0) is 17.4 Å². The molecule has 2 aromatic rings. The van der Waals surface area contributed by atoms with Crippen LogP contribution in [0.25, 0.3) is 0 Å². The maximum atomic E-state index is 12.4. The Labute approximate surface area is 127 Å². The summed E-state index contributed by atoms with van der Waals surface area (Å²) in [5, 5.41) is 7.03. The summed E-state index contributed by atoms with van der Waals surface area (Å²) in [6.07, 6.45) is -4.09. The van der Waals surface area contributed by atoms with Crippen LogP contribution in [-0.4, -0.2) is 26.3 Å². The van der Waals surface area contributed by atoms with E-state index in [2.05, 4.69) is 15.4 Å². The van der Waals surface area contributed by atoms with Crippen LogP contribution in [0.5, 0.6) is 0 Å². The summed E-state index contributed by atoms with van der Waals surface area (Å²) in [5.41, 5.74) is 2.15. The monoisotopic (exact) mass is 328 g/mol. The first-order valence-electron chi connectivity index (χ1n) is 6.39. The minimum atomic E-state index is -4.62. The Bertz CT molecular complexity index is 728. The summed E-state index contributed by atoms with van der Waals surface area (Å²) in [7, 11) is 0. The quantitative estimate of drug-likeness (QED) is 0.889. The zero-order valence-corrected chi connectivity index (χ0v) is 12.2. The van der Waals surface area contributed by atoms with E-state index in [1.54, 1.807) is 5.10 Å². The second-order valence-corrected chi connectivity index (χ2v) is 6.16. The molecule has 1 amide bonds. The molecule has 9 heteroatoms. The Kier molecular flexibility index (Phi) is 3.59. The number of benzene rings is 1. The largest absolute Gasteiger partial charge is 0.451 e. The number of carbonyl (C=O) groups is 1. The Hall–Kier alpha value is -2.03. The molecule has 0 fully saturated rings. The molecule has 0 spiro atoms. The highest BCUT2D eigenvalue weighted by molar-refractivity contribution is 8.01. The summed E-state index contributed by atoms with van der Waals surface area (Å²) in [6.45, 7) is 1.96. The number of alkyl halides is 3. The summed E-state index contributed by atoms with van der Waals surface area (Å²) in [6, 6.07) is 5.91. The van der Waals surface area contributed by atoms with Gasteiger partial charge in [-0.3, -0.25) is 15.2 Å². The lowest BCUT2D eigenvalue weighted by Crippen LogP contribution is -2.25. The highest BCUT2D eigenvalue weighted by Gasteiger charge is 2.36. The fourth-order valence-electron chi connectivity index (χ4n) is 2.12. The number of aromatic nitrogens is 3. The average Bonchev–Trinajstić information content (AvgIpc) is 3.03. The maximum Gasteiger partial charge on any atom is 0.451 e. The minimum Gasteiger partial charge on any atom is -0.292 e. The minimum absolute atomic E-state index is 0.370. The fraction of sp³-hybridized carbons (Fsp3) is 0.308. The summed E-state index contributed by atoms with van der Waals surface area (Å²) >= 11 is 1.39. The molecule has 1 aliphatic heterocycles. The van der Waals surface area contributed by atoms with Gasteiger partial charge in [0.05, 0.1) is 5.25 Å². The first-order valence-corrected chi connectivity index (χ1v) is 7.27. The van der Waals surface area contributed by atoms with Crippen LogP contribution in [0.2, 0.25) is 0 Å². The molecule has 116 valence electrons. The number of rotatable bonds is 2. The van der Waals surface area contributed by atoms with E-state index < -0.39 is 23.2 Å². The second-order valence-electron chi connectivity index (χ2n) is 4.92. The third-order valence-corrected chi connectivity index (χ3v) is 4.48. The van der Waals surface area contributed by atoms with Gasteiger partial charge < -0.3 is 0 Å². The molecule has 2 N–H and O–H groups in total. The predicted octanol–water partition coefficient (Wildman–Crippen LogP) is 2.79. The van der Waals surface area contributed by atoms with Crippen molar-refractivity contribution in [2.24, 2.45) is 0 Å². The number of aryl methyl sites for hydroxylation is 1. The first kappa shape index (κ1) is 14.9. The molecule has 3 rings (SSSR count). The number of halogens is 3. The van der Waals surface area contributed by atoms with Crippen molar-refractivity contribution < 1.29 is 18.0 Å². The Morgan fingerprint density at radius 1 is 1.45 bits per heavy atom. The number of hydrogen-bond donors (Lipinski definition) is 2. The molecule has 5 nitrogen and oxygen atoms in total. The molecular formula is C13H11F3N4OS. The van der Waals surface area contributed by atoms with Gasteiger partial charge in [0.15, 0.2) is 0 Å². The van der Waals surface area contributed by atoms with Crippen molar-refractivity contribution in [2.45, 2.75) is 29.7 Å². The molecule has 1 aromatic heterocycles. The lowest BCUT2D eigenvalue weighted by atomic mass is 10.1. The number of anilines is 1. The smallest absolute Gasteiger partial charge is 0.292 e. The van der Waals surface area contributed by atoms with E-state index in [0.29, 0.717) is 6.42 Å². The molecule has 0 saturated heterocycles. The molecule has 1 atom stereocenters. The van der Waals surface area contributed by atoms with Gasteiger partial charge in [0.25, 0.3) is 0 Å². The summed E-state index contributed by atoms with van der Waals surface area (Å²) < 4.78 is 37.2.